The molecule has 0 aliphatic rings. The molecule has 0 aliphatic heterocycles. The summed E-state index contributed by atoms with van der Waals surface area (Å²) in [6, 6.07) is 18.6. The Morgan fingerprint density at radius 1 is 1.04 bits per heavy atom. The van der Waals surface area contributed by atoms with Crippen molar-refractivity contribution >= 4 is 5.96 Å². The number of aliphatic imine (C=N–C) groups is 1. The van der Waals surface area contributed by atoms with E-state index in [0.717, 1.165) is 30.4 Å². The Morgan fingerprint density at radius 3 is 2.36 bits per heavy atom. The number of rotatable bonds is 7. The average Bonchev–Trinajstić information content (AvgIpc) is 2.65. The normalized spacial score (nSPS) is 12.8. The molecule has 0 saturated heterocycles. The number of hydrogen-bond donors (Lipinski definition) is 2. The van der Waals surface area contributed by atoms with Gasteiger partial charge < -0.3 is 20.3 Å². The molecule has 0 spiro atoms. The Kier molecular flexibility index (Phi) is 7.29. The van der Waals surface area contributed by atoms with E-state index >= 15 is 0 Å². The van der Waals surface area contributed by atoms with E-state index in [-0.39, 0.29) is 6.04 Å². The fraction of sp³-hybridized carbons (Fsp3) is 0.350. The van der Waals surface area contributed by atoms with Gasteiger partial charge in [0.05, 0.1) is 13.2 Å². The number of para-hydroxylation sites is 1. The molecule has 5 heteroatoms. The van der Waals surface area contributed by atoms with E-state index in [1.165, 1.54) is 5.56 Å². The first kappa shape index (κ1) is 18.8. The van der Waals surface area contributed by atoms with E-state index in [1.54, 1.807) is 14.2 Å². The van der Waals surface area contributed by atoms with Gasteiger partial charge in [-0.25, -0.2) is 0 Å². The SMILES string of the molecule is CN=C(NCc1ccccc1)NCC(c1ccccc1OC)N(C)C. The lowest BCUT2D eigenvalue weighted by Gasteiger charge is -2.27. The van der Waals surface area contributed by atoms with Crippen LogP contribution in [-0.4, -0.2) is 45.7 Å². The molecule has 0 aliphatic carbocycles. The second-order valence-corrected chi connectivity index (χ2v) is 6.01. The van der Waals surface area contributed by atoms with Gasteiger partial charge in [-0.05, 0) is 25.7 Å². The molecule has 0 radical (unpaired) electrons. The molecule has 2 N–H and O–H groups in total. The van der Waals surface area contributed by atoms with Crippen molar-refractivity contribution in [3.05, 3.63) is 65.7 Å². The van der Waals surface area contributed by atoms with Crippen molar-refractivity contribution < 1.29 is 4.74 Å². The van der Waals surface area contributed by atoms with Crippen LogP contribution in [0.3, 0.4) is 0 Å². The van der Waals surface area contributed by atoms with Crippen molar-refractivity contribution in [1.82, 2.24) is 15.5 Å². The van der Waals surface area contributed by atoms with E-state index in [4.69, 9.17) is 4.74 Å². The van der Waals surface area contributed by atoms with Gasteiger partial charge in [0.1, 0.15) is 5.75 Å². The minimum atomic E-state index is 0.173. The van der Waals surface area contributed by atoms with Gasteiger partial charge in [-0.2, -0.15) is 0 Å². The Labute approximate surface area is 150 Å². The van der Waals surface area contributed by atoms with Crippen LogP contribution in [0.2, 0.25) is 0 Å². The van der Waals surface area contributed by atoms with Gasteiger partial charge in [0.15, 0.2) is 5.96 Å². The molecule has 25 heavy (non-hydrogen) atoms. The van der Waals surface area contributed by atoms with E-state index < -0.39 is 0 Å². The highest BCUT2D eigenvalue weighted by atomic mass is 16.5. The maximum atomic E-state index is 5.51. The zero-order valence-corrected chi connectivity index (χ0v) is 15.5. The third-order valence-corrected chi connectivity index (χ3v) is 4.11. The van der Waals surface area contributed by atoms with Crippen LogP contribution in [0.1, 0.15) is 17.2 Å². The number of methoxy groups -OCH3 is 1. The van der Waals surface area contributed by atoms with Crippen LogP contribution in [0.15, 0.2) is 59.6 Å². The number of nitrogens with zero attached hydrogens (tertiary/aromatic N) is 2. The first-order valence-electron chi connectivity index (χ1n) is 8.43. The number of nitrogens with one attached hydrogen (secondary N) is 2. The summed E-state index contributed by atoms with van der Waals surface area (Å²) in [4.78, 5) is 6.49. The van der Waals surface area contributed by atoms with Crippen LogP contribution in [0.5, 0.6) is 5.75 Å². The molecule has 0 saturated carbocycles. The summed E-state index contributed by atoms with van der Waals surface area (Å²) in [6.07, 6.45) is 0. The summed E-state index contributed by atoms with van der Waals surface area (Å²) in [7, 11) is 7.63. The zero-order chi connectivity index (χ0) is 18.1. The smallest absolute Gasteiger partial charge is 0.191 e. The largest absolute Gasteiger partial charge is 0.496 e. The lowest BCUT2D eigenvalue weighted by atomic mass is 10.0. The fourth-order valence-corrected chi connectivity index (χ4v) is 2.71. The summed E-state index contributed by atoms with van der Waals surface area (Å²) in [6.45, 7) is 1.46. The third kappa shape index (κ3) is 5.50. The fourth-order valence-electron chi connectivity index (χ4n) is 2.71. The molecule has 0 amide bonds. The average molecular weight is 340 g/mol. The van der Waals surface area contributed by atoms with E-state index in [2.05, 4.69) is 52.8 Å². The van der Waals surface area contributed by atoms with Gasteiger partial charge >= 0.3 is 0 Å². The molecule has 5 nitrogen and oxygen atoms in total. The van der Waals surface area contributed by atoms with Gasteiger partial charge in [0.25, 0.3) is 0 Å². The summed E-state index contributed by atoms with van der Waals surface area (Å²) >= 11 is 0. The quantitative estimate of drug-likeness (QED) is 0.601. The molecule has 1 atom stereocenters. The van der Waals surface area contributed by atoms with Crippen molar-refractivity contribution in [2.75, 3.05) is 34.8 Å². The molecule has 0 aromatic heterocycles. The first-order valence-corrected chi connectivity index (χ1v) is 8.43. The Hall–Kier alpha value is -2.53. The van der Waals surface area contributed by atoms with Gasteiger partial charge in [0.2, 0.25) is 0 Å². The van der Waals surface area contributed by atoms with Crippen LogP contribution in [-0.2, 0) is 6.54 Å². The molecule has 1 unspecified atom stereocenters. The van der Waals surface area contributed by atoms with Crippen LogP contribution < -0.4 is 15.4 Å². The molecule has 0 heterocycles. The van der Waals surface area contributed by atoms with Gasteiger partial charge in [-0.3, -0.25) is 4.99 Å². The van der Waals surface area contributed by atoms with Crippen LogP contribution in [0.4, 0.5) is 0 Å². The van der Waals surface area contributed by atoms with Crippen molar-refractivity contribution in [2.24, 2.45) is 4.99 Å². The lowest BCUT2D eigenvalue weighted by Crippen LogP contribution is -2.41. The minimum Gasteiger partial charge on any atom is -0.496 e. The summed E-state index contributed by atoms with van der Waals surface area (Å²) in [5.74, 6) is 1.68. The molecule has 2 aromatic rings. The zero-order valence-electron chi connectivity index (χ0n) is 15.5. The standard InChI is InChI=1S/C20H28N4O/c1-21-20(22-14-16-10-6-5-7-11-16)23-15-18(24(2)3)17-12-8-9-13-19(17)25-4/h5-13,18H,14-15H2,1-4H3,(H2,21,22,23). The topological polar surface area (TPSA) is 48.9 Å². The molecular weight excluding hydrogens is 312 g/mol. The Balaban J connectivity index is 1.99. The van der Waals surface area contributed by atoms with Gasteiger partial charge in [0, 0.05) is 25.7 Å². The van der Waals surface area contributed by atoms with Crippen LogP contribution in [0, 0.1) is 0 Å². The van der Waals surface area contributed by atoms with Crippen molar-refractivity contribution in [1.29, 1.82) is 0 Å². The second kappa shape index (κ2) is 9.69. The predicted octanol–water partition coefficient (Wildman–Crippen LogP) is 2.66. The first-order chi connectivity index (χ1) is 12.2. The maximum Gasteiger partial charge on any atom is 0.191 e. The molecule has 0 fully saturated rings. The van der Waals surface area contributed by atoms with Crippen molar-refractivity contribution in [3.63, 3.8) is 0 Å². The summed E-state index contributed by atoms with van der Waals surface area (Å²) in [5.41, 5.74) is 2.38. The highest BCUT2D eigenvalue weighted by molar-refractivity contribution is 5.79. The molecule has 2 aromatic carbocycles. The summed E-state index contributed by atoms with van der Waals surface area (Å²) < 4.78 is 5.51. The predicted molar refractivity (Wildman–Crippen MR) is 104 cm³/mol. The minimum absolute atomic E-state index is 0.173. The van der Waals surface area contributed by atoms with E-state index in [9.17, 15) is 0 Å². The lowest BCUT2D eigenvalue weighted by molar-refractivity contribution is 0.287. The molecule has 0 bridgehead atoms. The van der Waals surface area contributed by atoms with Crippen LogP contribution >= 0.6 is 0 Å². The van der Waals surface area contributed by atoms with Gasteiger partial charge in [-0.1, -0.05) is 48.5 Å². The van der Waals surface area contributed by atoms with Crippen molar-refractivity contribution in [2.45, 2.75) is 12.6 Å². The molecule has 134 valence electrons. The number of hydrogen-bond acceptors (Lipinski definition) is 3. The maximum absolute atomic E-state index is 5.51. The van der Waals surface area contributed by atoms with E-state index in [0.29, 0.717) is 0 Å². The molecule has 2 rings (SSSR count). The number of ether oxygens (including phenoxy) is 1. The van der Waals surface area contributed by atoms with Crippen molar-refractivity contribution in [3.8, 4) is 5.75 Å². The summed E-state index contributed by atoms with van der Waals surface area (Å²) in [5, 5.41) is 6.76. The third-order valence-electron chi connectivity index (χ3n) is 4.11. The number of benzene rings is 2. The van der Waals surface area contributed by atoms with E-state index in [1.807, 2.05) is 36.4 Å². The van der Waals surface area contributed by atoms with Gasteiger partial charge in [-0.15, -0.1) is 0 Å². The van der Waals surface area contributed by atoms with Crippen LogP contribution in [0.25, 0.3) is 0 Å². The molecular formula is C20H28N4O. The number of likely N-dealkylation sites (N-methyl/N-ethyl adjacent to an activating group) is 1. The Morgan fingerprint density at radius 2 is 1.72 bits per heavy atom. The highest BCUT2D eigenvalue weighted by Gasteiger charge is 2.18. The monoisotopic (exact) mass is 340 g/mol. The Bertz CT molecular complexity index is 670. The highest BCUT2D eigenvalue weighted by Crippen LogP contribution is 2.27. The number of guanidine groups is 1. The second-order valence-electron chi connectivity index (χ2n) is 6.01.